The minimum Gasteiger partial charge on any atom is -0.482 e. The van der Waals surface area contributed by atoms with Crippen molar-refractivity contribution < 1.29 is 14.6 Å². The van der Waals surface area contributed by atoms with Gasteiger partial charge in [0.25, 0.3) is 0 Å². The molecule has 0 aliphatic heterocycles. The Kier molecular flexibility index (Phi) is 3.04. The van der Waals surface area contributed by atoms with Crippen molar-refractivity contribution in [3.8, 4) is 11.4 Å². The molecule has 1 aromatic heterocycles. The topological polar surface area (TPSA) is 77.2 Å². The summed E-state index contributed by atoms with van der Waals surface area (Å²) in [6, 6.07) is 7.00. The van der Waals surface area contributed by atoms with Crippen LogP contribution in [0.3, 0.4) is 0 Å². The van der Waals surface area contributed by atoms with Gasteiger partial charge in [-0.1, -0.05) is 6.07 Å². The first-order valence-electron chi connectivity index (χ1n) is 4.98. The molecule has 0 bridgehead atoms. The van der Waals surface area contributed by atoms with E-state index in [-0.39, 0.29) is 6.61 Å². The molecule has 0 saturated carbocycles. The summed E-state index contributed by atoms with van der Waals surface area (Å²) in [6.07, 6.45) is 1.59. The van der Waals surface area contributed by atoms with Gasteiger partial charge in [0.2, 0.25) is 0 Å². The molecule has 88 valence electrons. The lowest BCUT2D eigenvalue weighted by atomic mass is 10.3. The van der Waals surface area contributed by atoms with Gasteiger partial charge in [-0.25, -0.2) is 14.5 Å². The molecule has 1 N–H and O–H groups in total. The van der Waals surface area contributed by atoms with E-state index in [4.69, 9.17) is 9.84 Å². The van der Waals surface area contributed by atoms with Gasteiger partial charge in [-0.2, -0.15) is 5.10 Å². The summed E-state index contributed by atoms with van der Waals surface area (Å²) in [5.41, 5.74) is 0.772. The fourth-order valence-corrected chi connectivity index (χ4v) is 1.33. The quantitative estimate of drug-likeness (QED) is 0.853. The van der Waals surface area contributed by atoms with Crippen molar-refractivity contribution in [2.45, 2.75) is 6.92 Å². The van der Waals surface area contributed by atoms with Crippen LogP contribution in [-0.2, 0) is 4.79 Å². The van der Waals surface area contributed by atoms with E-state index in [9.17, 15) is 4.79 Å². The van der Waals surface area contributed by atoms with E-state index in [1.165, 1.54) is 0 Å². The van der Waals surface area contributed by atoms with Gasteiger partial charge in [0.1, 0.15) is 17.9 Å². The standard InChI is InChI=1S/C11H11N3O3/c1-8-12-7-14(13-8)9-3-2-4-10(5-9)17-6-11(15)16/h2-5,7H,6H2,1H3,(H,15,16). The Balaban J connectivity index is 2.19. The van der Waals surface area contributed by atoms with E-state index >= 15 is 0 Å². The molecule has 2 rings (SSSR count). The molecule has 6 heteroatoms. The molecule has 0 aliphatic rings. The van der Waals surface area contributed by atoms with Crippen molar-refractivity contribution in [2.75, 3.05) is 6.61 Å². The first kappa shape index (κ1) is 11.1. The minimum atomic E-state index is -1.01. The fraction of sp³-hybridized carbons (Fsp3) is 0.182. The summed E-state index contributed by atoms with van der Waals surface area (Å²) in [5.74, 6) is 0.145. The Morgan fingerprint density at radius 1 is 1.53 bits per heavy atom. The molecule has 6 nitrogen and oxygen atoms in total. The van der Waals surface area contributed by atoms with Crippen LogP contribution in [0.4, 0.5) is 0 Å². The van der Waals surface area contributed by atoms with E-state index in [0.29, 0.717) is 11.6 Å². The van der Waals surface area contributed by atoms with Crippen LogP contribution in [-0.4, -0.2) is 32.4 Å². The third-order valence-corrected chi connectivity index (χ3v) is 2.05. The average Bonchev–Trinajstić information content (AvgIpc) is 2.74. The predicted molar refractivity (Wildman–Crippen MR) is 59.2 cm³/mol. The number of aryl methyl sites for hydroxylation is 1. The number of aromatic nitrogens is 3. The van der Waals surface area contributed by atoms with Gasteiger partial charge in [-0.15, -0.1) is 0 Å². The largest absolute Gasteiger partial charge is 0.482 e. The zero-order chi connectivity index (χ0) is 12.3. The maximum atomic E-state index is 10.4. The van der Waals surface area contributed by atoms with E-state index < -0.39 is 5.97 Å². The Bertz CT molecular complexity index is 536. The van der Waals surface area contributed by atoms with Crippen molar-refractivity contribution in [1.29, 1.82) is 0 Å². The lowest BCUT2D eigenvalue weighted by Crippen LogP contribution is -2.09. The molecule has 0 atom stereocenters. The van der Waals surface area contributed by atoms with Crippen molar-refractivity contribution in [2.24, 2.45) is 0 Å². The van der Waals surface area contributed by atoms with Gasteiger partial charge >= 0.3 is 5.97 Å². The van der Waals surface area contributed by atoms with Crippen LogP contribution < -0.4 is 4.74 Å². The second kappa shape index (κ2) is 4.65. The third kappa shape index (κ3) is 2.81. The van der Waals surface area contributed by atoms with Crippen molar-refractivity contribution in [3.05, 3.63) is 36.4 Å². The van der Waals surface area contributed by atoms with Crippen molar-refractivity contribution >= 4 is 5.97 Å². The number of carboxylic acid groups (broad SMARTS) is 1. The van der Waals surface area contributed by atoms with E-state index in [1.807, 2.05) is 6.07 Å². The highest BCUT2D eigenvalue weighted by molar-refractivity contribution is 5.68. The Labute approximate surface area is 97.5 Å². The molecule has 0 amide bonds. The molecular weight excluding hydrogens is 222 g/mol. The van der Waals surface area contributed by atoms with Crippen LogP contribution in [0.15, 0.2) is 30.6 Å². The van der Waals surface area contributed by atoms with Crippen LogP contribution in [0, 0.1) is 6.92 Å². The van der Waals surface area contributed by atoms with Crippen LogP contribution in [0.25, 0.3) is 5.69 Å². The zero-order valence-corrected chi connectivity index (χ0v) is 9.20. The molecule has 0 unspecified atom stereocenters. The van der Waals surface area contributed by atoms with E-state index in [0.717, 1.165) is 5.69 Å². The molecule has 0 fully saturated rings. The molecule has 17 heavy (non-hydrogen) atoms. The van der Waals surface area contributed by atoms with Crippen LogP contribution in [0.2, 0.25) is 0 Å². The number of rotatable bonds is 4. The van der Waals surface area contributed by atoms with Gasteiger partial charge in [-0.05, 0) is 19.1 Å². The maximum Gasteiger partial charge on any atom is 0.341 e. The zero-order valence-electron chi connectivity index (χ0n) is 9.20. The highest BCUT2D eigenvalue weighted by atomic mass is 16.5. The second-order valence-corrected chi connectivity index (χ2v) is 3.42. The number of carbonyl (C=O) groups is 1. The molecule has 0 spiro atoms. The van der Waals surface area contributed by atoms with Crippen molar-refractivity contribution in [1.82, 2.24) is 14.8 Å². The molecule has 1 heterocycles. The lowest BCUT2D eigenvalue weighted by molar-refractivity contribution is -0.139. The summed E-state index contributed by atoms with van der Waals surface area (Å²) < 4.78 is 6.68. The summed E-state index contributed by atoms with van der Waals surface area (Å²) in [4.78, 5) is 14.4. The number of hydrogen-bond donors (Lipinski definition) is 1. The first-order valence-corrected chi connectivity index (χ1v) is 4.98. The summed E-state index contributed by atoms with van der Waals surface area (Å²) in [6.45, 7) is 1.43. The number of ether oxygens (including phenoxy) is 1. The number of aliphatic carboxylic acids is 1. The Morgan fingerprint density at radius 2 is 2.35 bits per heavy atom. The van der Waals surface area contributed by atoms with Crippen LogP contribution in [0.5, 0.6) is 5.75 Å². The summed E-state index contributed by atoms with van der Waals surface area (Å²) >= 11 is 0. The summed E-state index contributed by atoms with van der Waals surface area (Å²) in [7, 11) is 0. The molecular formula is C11H11N3O3. The highest BCUT2D eigenvalue weighted by Crippen LogP contribution is 2.15. The van der Waals surface area contributed by atoms with Gasteiger partial charge in [0.05, 0.1) is 5.69 Å². The summed E-state index contributed by atoms with van der Waals surface area (Å²) in [5, 5.41) is 12.7. The number of hydrogen-bond acceptors (Lipinski definition) is 4. The fourth-order valence-electron chi connectivity index (χ4n) is 1.33. The molecule has 1 aromatic carbocycles. The number of carboxylic acids is 1. The molecule has 0 radical (unpaired) electrons. The molecule has 0 aliphatic carbocycles. The molecule has 0 saturated heterocycles. The number of benzene rings is 1. The average molecular weight is 233 g/mol. The van der Waals surface area contributed by atoms with Crippen LogP contribution >= 0.6 is 0 Å². The number of nitrogens with zero attached hydrogens (tertiary/aromatic N) is 3. The van der Waals surface area contributed by atoms with E-state index in [2.05, 4.69) is 10.1 Å². The van der Waals surface area contributed by atoms with Gasteiger partial charge < -0.3 is 9.84 Å². The predicted octanol–water partition coefficient (Wildman–Crippen LogP) is 1.04. The van der Waals surface area contributed by atoms with Gasteiger partial charge in [0.15, 0.2) is 6.61 Å². The van der Waals surface area contributed by atoms with E-state index in [1.54, 1.807) is 36.1 Å². The Hall–Kier alpha value is -2.37. The van der Waals surface area contributed by atoms with Gasteiger partial charge in [-0.3, -0.25) is 0 Å². The minimum absolute atomic E-state index is 0.361. The SMILES string of the molecule is Cc1ncn(-c2cccc(OCC(=O)O)c2)n1. The molecule has 2 aromatic rings. The second-order valence-electron chi connectivity index (χ2n) is 3.42. The highest BCUT2D eigenvalue weighted by Gasteiger charge is 2.03. The third-order valence-electron chi connectivity index (χ3n) is 2.05. The van der Waals surface area contributed by atoms with Crippen LogP contribution in [0.1, 0.15) is 5.82 Å². The maximum absolute atomic E-state index is 10.4. The van der Waals surface area contributed by atoms with Crippen molar-refractivity contribution in [3.63, 3.8) is 0 Å². The Morgan fingerprint density at radius 3 is 3.00 bits per heavy atom. The monoisotopic (exact) mass is 233 g/mol. The normalized spacial score (nSPS) is 10.2. The lowest BCUT2D eigenvalue weighted by Gasteiger charge is -2.05. The van der Waals surface area contributed by atoms with Gasteiger partial charge in [0, 0.05) is 6.07 Å². The smallest absolute Gasteiger partial charge is 0.341 e. The first-order chi connectivity index (χ1) is 8.15.